The second-order valence-electron chi connectivity index (χ2n) is 2.72. The molecule has 0 aliphatic heterocycles. The van der Waals surface area contributed by atoms with E-state index in [2.05, 4.69) is 26.0 Å². The molecular weight excluding hydrogens is 246 g/mol. The van der Waals surface area contributed by atoms with Crippen molar-refractivity contribution < 1.29 is 5.11 Å². The number of aliphatic hydroxyl groups is 1. The molecule has 0 fully saturated rings. The highest BCUT2D eigenvalue weighted by molar-refractivity contribution is 9.10. The van der Waals surface area contributed by atoms with Crippen molar-refractivity contribution in [1.29, 1.82) is 0 Å². The first-order valence-corrected chi connectivity index (χ1v) is 4.86. The summed E-state index contributed by atoms with van der Waals surface area (Å²) in [7, 11) is 0. The molecule has 1 N–H and O–H groups in total. The number of halogens is 1. The third-order valence-corrected chi connectivity index (χ3v) is 2.36. The highest BCUT2D eigenvalue weighted by Gasteiger charge is 2.04. The fourth-order valence-electron chi connectivity index (χ4n) is 1.17. The maximum Gasteiger partial charge on any atom is 0.157 e. The zero-order chi connectivity index (χ0) is 9.97. The summed E-state index contributed by atoms with van der Waals surface area (Å²) in [5.74, 6) is 0.535. The third-order valence-electron chi connectivity index (χ3n) is 1.83. The van der Waals surface area contributed by atoms with E-state index >= 15 is 0 Å². The van der Waals surface area contributed by atoms with Crippen LogP contribution in [-0.2, 0) is 6.61 Å². The van der Waals surface area contributed by atoms with Gasteiger partial charge in [0.1, 0.15) is 12.9 Å². The van der Waals surface area contributed by atoms with Gasteiger partial charge in [-0.05, 0) is 24.3 Å². The molecule has 0 saturated heterocycles. The summed E-state index contributed by atoms with van der Waals surface area (Å²) in [5, 5.41) is 13.0. The maximum absolute atomic E-state index is 8.99. The predicted octanol–water partition coefficient (Wildman–Crippen LogP) is 1.52. The average Bonchev–Trinajstić information content (AvgIpc) is 2.67. The Bertz CT molecular complexity index is 424. The van der Waals surface area contributed by atoms with E-state index in [9.17, 15) is 0 Å². The van der Waals surface area contributed by atoms with Crippen molar-refractivity contribution in [3.05, 3.63) is 40.9 Å². The van der Waals surface area contributed by atoms with Crippen LogP contribution in [0.3, 0.4) is 0 Å². The first kappa shape index (κ1) is 9.36. The van der Waals surface area contributed by atoms with Crippen LogP contribution in [0.25, 0.3) is 5.69 Å². The Hall–Kier alpha value is -1.20. The molecule has 72 valence electrons. The molecule has 1 aromatic carbocycles. The smallest absolute Gasteiger partial charge is 0.157 e. The van der Waals surface area contributed by atoms with Crippen LogP contribution in [-0.4, -0.2) is 19.9 Å². The van der Waals surface area contributed by atoms with Gasteiger partial charge < -0.3 is 5.11 Å². The summed E-state index contributed by atoms with van der Waals surface area (Å²) < 4.78 is 2.61. The lowest BCUT2D eigenvalue weighted by Gasteiger charge is -2.03. The molecule has 14 heavy (non-hydrogen) atoms. The van der Waals surface area contributed by atoms with E-state index in [1.807, 2.05) is 24.3 Å². The lowest BCUT2D eigenvalue weighted by atomic mass is 10.3. The van der Waals surface area contributed by atoms with Crippen molar-refractivity contribution in [2.24, 2.45) is 0 Å². The molecule has 0 bridgehead atoms. The lowest BCUT2D eigenvalue weighted by molar-refractivity contribution is 0.268. The van der Waals surface area contributed by atoms with Crippen LogP contribution in [0.5, 0.6) is 0 Å². The molecule has 0 aliphatic carbocycles. The fraction of sp³-hybridized carbons (Fsp3) is 0.111. The zero-order valence-corrected chi connectivity index (χ0v) is 8.85. The van der Waals surface area contributed by atoms with Crippen molar-refractivity contribution in [3.63, 3.8) is 0 Å². The first-order valence-electron chi connectivity index (χ1n) is 4.07. The van der Waals surface area contributed by atoms with Gasteiger partial charge in [-0.25, -0.2) is 9.67 Å². The van der Waals surface area contributed by atoms with Gasteiger partial charge in [0.15, 0.2) is 5.82 Å². The van der Waals surface area contributed by atoms with Gasteiger partial charge in [-0.2, -0.15) is 5.10 Å². The van der Waals surface area contributed by atoms with Crippen LogP contribution in [0, 0.1) is 0 Å². The monoisotopic (exact) mass is 253 g/mol. The number of hydrogen-bond acceptors (Lipinski definition) is 3. The van der Waals surface area contributed by atoms with Crippen LogP contribution in [0.1, 0.15) is 5.82 Å². The molecule has 5 heteroatoms. The quantitative estimate of drug-likeness (QED) is 0.883. The van der Waals surface area contributed by atoms with Crippen molar-refractivity contribution >= 4 is 15.9 Å². The van der Waals surface area contributed by atoms with Gasteiger partial charge in [0.05, 0.1) is 5.69 Å². The molecular formula is C9H8BrN3O. The largest absolute Gasteiger partial charge is 0.388 e. The van der Waals surface area contributed by atoms with Crippen molar-refractivity contribution in [2.75, 3.05) is 0 Å². The van der Waals surface area contributed by atoms with Crippen LogP contribution >= 0.6 is 15.9 Å². The van der Waals surface area contributed by atoms with E-state index in [1.165, 1.54) is 6.33 Å². The number of hydrogen-bond donors (Lipinski definition) is 1. The second-order valence-corrected chi connectivity index (χ2v) is 3.64. The Kier molecular flexibility index (Phi) is 2.60. The summed E-state index contributed by atoms with van der Waals surface area (Å²) in [6.07, 6.45) is 1.42. The van der Waals surface area contributed by atoms with Gasteiger partial charge in [-0.3, -0.25) is 0 Å². The van der Waals surface area contributed by atoms with Gasteiger partial charge in [0.2, 0.25) is 0 Å². The number of nitrogens with zero attached hydrogens (tertiary/aromatic N) is 3. The third kappa shape index (κ3) is 1.69. The standard InChI is InChI=1S/C9H8BrN3O/c10-7-1-3-8(4-2-7)13-9(5-14)11-6-12-13/h1-4,6,14H,5H2. The van der Waals surface area contributed by atoms with E-state index in [0.717, 1.165) is 10.2 Å². The summed E-state index contributed by atoms with van der Waals surface area (Å²) in [6.45, 7) is -0.115. The van der Waals surface area contributed by atoms with E-state index in [0.29, 0.717) is 5.82 Å². The number of aliphatic hydroxyl groups excluding tert-OH is 1. The predicted molar refractivity (Wildman–Crippen MR) is 55.0 cm³/mol. The average molecular weight is 254 g/mol. The Balaban J connectivity index is 2.44. The van der Waals surface area contributed by atoms with Gasteiger partial charge in [0.25, 0.3) is 0 Å². The minimum atomic E-state index is -0.115. The van der Waals surface area contributed by atoms with E-state index in [4.69, 9.17) is 5.11 Å². The van der Waals surface area contributed by atoms with E-state index in [-0.39, 0.29) is 6.61 Å². The van der Waals surface area contributed by atoms with E-state index in [1.54, 1.807) is 4.68 Å². The molecule has 0 saturated carbocycles. The summed E-state index contributed by atoms with van der Waals surface area (Å²) in [6, 6.07) is 7.63. The molecule has 0 radical (unpaired) electrons. The molecule has 0 amide bonds. The van der Waals surface area contributed by atoms with Crippen molar-refractivity contribution in [2.45, 2.75) is 6.61 Å². The van der Waals surface area contributed by atoms with Crippen molar-refractivity contribution in [3.8, 4) is 5.69 Å². The Morgan fingerprint density at radius 3 is 2.64 bits per heavy atom. The SMILES string of the molecule is OCc1ncnn1-c1ccc(Br)cc1. The van der Waals surface area contributed by atoms with Gasteiger partial charge in [-0.15, -0.1) is 0 Å². The molecule has 0 spiro atoms. The van der Waals surface area contributed by atoms with Crippen molar-refractivity contribution in [1.82, 2.24) is 14.8 Å². The van der Waals surface area contributed by atoms with Crippen LogP contribution in [0.2, 0.25) is 0 Å². The molecule has 0 atom stereocenters. The fourth-order valence-corrected chi connectivity index (χ4v) is 1.44. The Morgan fingerprint density at radius 1 is 1.29 bits per heavy atom. The Labute approximate surface area is 89.3 Å². The summed E-state index contributed by atoms with van der Waals surface area (Å²) >= 11 is 3.35. The second kappa shape index (κ2) is 3.89. The normalized spacial score (nSPS) is 10.4. The number of aromatic nitrogens is 3. The molecule has 0 aliphatic rings. The topological polar surface area (TPSA) is 50.9 Å². The molecule has 2 rings (SSSR count). The minimum absolute atomic E-state index is 0.115. The summed E-state index contributed by atoms with van der Waals surface area (Å²) in [4.78, 5) is 3.92. The Morgan fingerprint density at radius 2 is 2.00 bits per heavy atom. The van der Waals surface area contributed by atoms with Gasteiger partial charge >= 0.3 is 0 Å². The lowest BCUT2D eigenvalue weighted by Crippen LogP contribution is -2.02. The number of benzene rings is 1. The molecule has 2 aromatic rings. The minimum Gasteiger partial charge on any atom is -0.388 e. The highest BCUT2D eigenvalue weighted by Crippen LogP contribution is 2.14. The molecule has 1 aromatic heterocycles. The summed E-state index contributed by atoms with van der Waals surface area (Å²) in [5.41, 5.74) is 0.884. The van der Waals surface area contributed by atoms with Crippen LogP contribution < -0.4 is 0 Å². The molecule has 4 nitrogen and oxygen atoms in total. The van der Waals surface area contributed by atoms with Gasteiger partial charge in [0, 0.05) is 4.47 Å². The maximum atomic E-state index is 8.99. The van der Waals surface area contributed by atoms with Crippen LogP contribution in [0.15, 0.2) is 35.1 Å². The van der Waals surface area contributed by atoms with E-state index < -0.39 is 0 Å². The highest BCUT2D eigenvalue weighted by atomic mass is 79.9. The van der Waals surface area contributed by atoms with Crippen LogP contribution in [0.4, 0.5) is 0 Å². The van der Waals surface area contributed by atoms with Gasteiger partial charge in [-0.1, -0.05) is 15.9 Å². The zero-order valence-electron chi connectivity index (χ0n) is 7.26. The number of rotatable bonds is 2. The first-order chi connectivity index (χ1) is 6.81. The molecule has 0 unspecified atom stereocenters. The molecule has 1 heterocycles.